The van der Waals surface area contributed by atoms with Crippen LogP contribution in [0.3, 0.4) is 0 Å². The molecular weight excluding hydrogens is 280 g/mol. The molecule has 2 unspecified atom stereocenters. The van der Waals surface area contributed by atoms with Crippen LogP contribution in [0.25, 0.3) is 0 Å². The van der Waals surface area contributed by atoms with Crippen LogP contribution < -0.4 is 0 Å². The fourth-order valence-corrected chi connectivity index (χ4v) is 2.99. The van der Waals surface area contributed by atoms with Gasteiger partial charge in [-0.2, -0.15) is 0 Å². The van der Waals surface area contributed by atoms with Crippen molar-refractivity contribution in [1.29, 1.82) is 0 Å². The van der Waals surface area contributed by atoms with Gasteiger partial charge in [0.25, 0.3) is 0 Å². The van der Waals surface area contributed by atoms with Gasteiger partial charge in [0, 0.05) is 7.11 Å². The van der Waals surface area contributed by atoms with E-state index < -0.39 is 42.3 Å². The Bertz CT molecular complexity index is 433. The van der Waals surface area contributed by atoms with Gasteiger partial charge in [0.05, 0.1) is 6.61 Å². The molecule has 3 rings (SSSR count). The van der Waals surface area contributed by atoms with Gasteiger partial charge in [-0.3, -0.25) is 4.79 Å². The molecule has 0 saturated carbocycles. The van der Waals surface area contributed by atoms with Crippen LogP contribution in [-0.4, -0.2) is 61.8 Å². The highest BCUT2D eigenvalue weighted by atomic mass is 16.8. The Morgan fingerprint density at radius 1 is 1.05 bits per heavy atom. The van der Waals surface area contributed by atoms with Crippen LogP contribution in [0.15, 0.2) is 0 Å². The van der Waals surface area contributed by atoms with Crippen LogP contribution >= 0.6 is 0 Å². The number of ketones is 1. The molecule has 3 heterocycles. The fraction of sp³-hybridized carbons (Fsp3) is 0.929. The SMILES string of the molecule is CO[C@H]1OC2COC(C)(C)O[C@@H]2[C@@H]2OC(C)(C)OC2C1=O. The lowest BCUT2D eigenvalue weighted by atomic mass is 10.0. The summed E-state index contributed by atoms with van der Waals surface area (Å²) in [6.07, 6.45) is -3.21. The molecular formula is C14H22O7. The Morgan fingerprint density at radius 2 is 1.71 bits per heavy atom. The molecule has 21 heavy (non-hydrogen) atoms. The number of ether oxygens (including phenoxy) is 6. The molecule has 0 aromatic rings. The van der Waals surface area contributed by atoms with Crippen LogP contribution in [-0.2, 0) is 33.2 Å². The minimum absolute atomic E-state index is 0.288. The second-order valence-corrected chi connectivity index (χ2v) is 6.46. The van der Waals surface area contributed by atoms with Gasteiger partial charge >= 0.3 is 0 Å². The van der Waals surface area contributed by atoms with Crippen LogP contribution in [0.4, 0.5) is 0 Å². The zero-order chi connectivity index (χ0) is 15.4. The van der Waals surface area contributed by atoms with Crippen molar-refractivity contribution in [3.8, 4) is 0 Å². The van der Waals surface area contributed by atoms with E-state index in [4.69, 9.17) is 28.4 Å². The van der Waals surface area contributed by atoms with Gasteiger partial charge in [-0.15, -0.1) is 0 Å². The topological polar surface area (TPSA) is 72.5 Å². The number of methoxy groups -OCH3 is 1. The minimum Gasteiger partial charge on any atom is -0.349 e. The van der Waals surface area contributed by atoms with E-state index in [0.29, 0.717) is 6.61 Å². The normalized spacial score (nSPS) is 44.8. The molecule has 3 fully saturated rings. The van der Waals surface area contributed by atoms with Crippen molar-refractivity contribution in [3.63, 3.8) is 0 Å². The molecule has 7 nitrogen and oxygen atoms in total. The number of carbonyl (C=O) groups excluding carboxylic acids is 1. The molecule has 120 valence electrons. The average molecular weight is 302 g/mol. The fourth-order valence-electron chi connectivity index (χ4n) is 2.99. The van der Waals surface area contributed by atoms with E-state index in [1.54, 1.807) is 13.8 Å². The summed E-state index contributed by atoms with van der Waals surface area (Å²) in [6.45, 7) is 7.49. The summed E-state index contributed by atoms with van der Waals surface area (Å²) in [4.78, 5) is 12.5. The lowest BCUT2D eigenvalue weighted by Crippen LogP contribution is -2.55. The van der Waals surface area contributed by atoms with Gasteiger partial charge in [-0.25, -0.2) is 0 Å². The maximum atomic E-state index is 12.5. The Hall–Kier alpha value is -0.570. The molecule has 3 aliphatic rings. The molecule has 0 radical (unpaired) electrons. The lowest BCUT2D eigenvalue weighted by molar-refractivity contribution is -0.335. The van der Waals surface area contributed by atoms with Crippen LogP contribution in [0, 0.1) is 0 Å². The molecule has 0 bridgehead atoms. The molecule has 0 N–H and O–H groups in total. The highest BCUT2D eigenvalue weighted by molar-refractivity contribution is 5.87. The number of Topliss-reactive ketones (excluding diaryl/α,β-unsaturated/α-hetero) is 1. The molecule has 3 aliphatic heterocycles. The van der Waals surface area contributed by atoms with E-state index in [9.17, 15) is 4.79 Å². The predicted molar refractivity (Wildman–Crippen MR) is 69.4 cm³/mol. The monoisotopic (exact) mass is 302 g/mol. The van der Waals surface area contributed by atoms with Gasteiger partial charge in [-0.1, -0.05) is 0 Å². The highest BCUT2D eigenvalue weighted by Crippen LogP contribution is 2.39. The Labute approximate surface area is 123 Å². The third-order valence-corrected chi connectivity index (χ3v) is 3.86. The molecule has 0 spiro atoms. The Morgan fingerprint density at radius 3 is 2.38 bits per heavy atom. The van der Waals surface area contributed by atoms with Gasteiger partial charge < -0.3 is 28.4 Å². The molecule has 0 aliphatic carbocycles. The summed E-state index contributed by atoms with van der Waals surface area (Å²) < 4.78 is 34.0. The summed E-state index contributed by atoms with van der Waals surface area (Å²) >= 11 is 0. The maximum Gasteiger partial charge on any atom is 0.220 e. The number of hydrogen-bond acceptors (Lipinski definition) is 7. The van der Waals surface area contributed by atoms with Gasteiger partial charge in [0.1, 0.15) is 18.3 Å². The molecule has 0 amide bonds. The quantitative estimate of drug-likeness (QED) is 0.702. The minimum atomic E-state index is -1.00. The molecule has 7 heteroatoms. The molecule has 5 atom stereocenters. The van der Waals surface area contributed by atoms with Crippen molar-refractivity contribution in [1.82, 2.24) is 0 Å². The first-order chi connectivity index (χ1) is 9.72. The second-order valence-electron chi connectivity index (χ2n) is 6.46. The summed E-state index contributed by atoms with van der Waals surface area (Å²) in [5.74, 6) is -1.90. The second kappa shape index (κ2) is 4.97. The zero-order valence-electron chi connectivity index (χ0n) is 13.0. The van der Waals surface area contributed by atoms with Gasteiger partial charge in [0.15, 0.2) is 17.7 Å². The van der Waals surface area contributed by atoms with E-state index in [1.165, 1.54) is 7.11 Å². The van der Waals surface area contributed by atoms with Crippen molar-refractivity contribution in [2.45, 2.75) is 70.0 Å². The predicted octanol–water partition coefficient (Wildman–Crippen LogP) is 0.598. The van der Waals surface area contributed by atoms with E-state index in [2.05, 4.69) is 0 Å². The van der Waals surface area contributed by atoms with Gasteiger partial charge in [-0.05, 0) is 27.7 Å². The summed E-state index contributed by atoms with van der Waals surface area (Å²) in [5.41, 5.74) is 0. The smallest absolute Gasteiger partial charge is 0.220 e. The van der Waals surface area contributed by atoms with Crippen molar-refractivity contribution in [2.75, 3.05) is 13.7 Å². The van der Waals surface area contributed by atoms with Crippen molar-refractivity contribution in [3.05, 3.63) is 0 Å². The highest BCUT2D eigenvalue weighted by Gasteiger charge is 2.58. The molecule has 3 saturated heterocycles. The maximum absolute atomic E-state index is 12.5. The van der Waals surface area contributed by atoms with E-state index >= 15 is 0 Å². The van der Waals surface area contributed by atoms with E-state index in [-0.39, 0.29) is 5.78 Å². The summed E-state index contributed by atoms with van der Waals surface area (Å²) in [7, 11) is 1.42. The van der Waals surface area contributed by atoms with Crippen LogP contribution in [0.1, 0.15) is 27.7 Å². The largest absolute Gasteiger partial charge is 0.349 e. The van der Waals surface area contributed by atoms with E-state index in [1.807, 2.05) is 13.8 Å². The number of hydrogen-bond donors (Lipinski definition) is 0. The Kier molecular flexibility index (Phi) is 3.63. The first kappa shape index (κ1) is 15.3. The standard InChI is InChI=1S/C14H22O7/c1-13(2)17-6-7-9(19-13)11-10(20-14(3,4)21-11)8(15)12(16-5)18-7/h7,9-12H,6H2,1-5H3/t7?,9-,10?,11-,12-/m0/s1. The first-order valence-corrected chi connectivity index (χ1v) is 7.12. The number of rotatable bonds is 1. The van der Waals surface area contributed by atoms with Crippen molar-refractivity contribution >= 4 is 5.78 Å². The summed E-state index contributed by atoms with van der Waals surface area (Å²) in [5, 5.41) is 0. The van der Waals surface area contributed by atoms with Crippen LogP contribution in [0.2, 0.25) is 0 Å². The molecule has 0 aromatic carbocycles. The molecule has 0 aromatic heterocycles. The Balaban J connectivity index is 1.94. The third kappa shape index (κ3) is 2.74. The average Bonchev–Trinajstić information content (AvgIpc) is 2.67. The number of carbonyl (C=O) groups is 1. The van der Waals surface area contributed by atoms with Crippen molar-refractivity contribution in [2.24, 2.45) is 0 Å². The lowest BCUT2D eigenvalue weighted by Gasteiger charge is -2.42. The number of fused-ring (bicyclic) bond motifs is 3. The van der Waals surface area contributed by atoms with E-state index in [0.717, 1.165) is 0 Å². The van der Waals surface area contributed by atoms with Crippen molar-refractivity contribution < 1.29 is 33.2 Å². The summed E-state index contributed by atoms with van der Waals surface area (Å²) in [6, 6.07) is 0. The van der Waals surface area contributed by atoms with Gasteiger partial charge in [0.2, 0.25) is 12.1 Å². The third-order valence-electron chi connectivity index (χ3n) is 3.86. The van der Waals surface area contributed by atoms with Crippen LogP contribution in [0.5, 0.6) is 0 Å². The first-order valence-electron chi connectivity index (χ1n) is 7.12. The zero-order valence-corrected chi connectivity index (χ0v) is 13.0.